The van der Waals surface area contributed by atoms with E-state index in [-0.39, 0.29) is 18.1 Å². The molecule has 0 aliphatic rings. The Kier molecular flexibility index (Phi) is 10.9. The van der Waals surface area contributed by atoms with Crippen LogP contribution in [0.5, 0.6) is 11.5 Å². The van der Waals surface area contributed by atoms with Gasteiger partial charge < -0.3 is 24.8 Å². The van der Waals surface area contributed by atoms with E-state index in [1.807, 2.05) is 13.8 Å². The second-order valence-corrected chi connectivity index (χ2v) is 9.59. The molecule has 2 N–H and O–H groups in total. The summed E-state index contributed by atoms with van der Waals surface area (Å²) < 4.78 is 29.9. The third-order valence-corrected chi connectivity index (χ3v) is 6.09. The lowest BCUT2D eigenvalue weighted by molar-refractivity contribution is -0.385. The average molecular weight is 582 g/mol. The van der Waals surface area contributed by atoms with Gasteiger partial charge in [0.15, 0.2) is 6.04 Å². The number of methoxy groups -OCH3 is 2. The van der Waals surface area contributed by atoms with Crippen LogP contribution in [0, 0.1) is 15.9 Å². The van der Waals surface area contributed by atoms with Crippen LogP contribution in [-0.2, 0) is 32.0 Å². The van der Waals surface area contributed by atoms with E-state index in [0.29, 0.717) is 22.6 Å². The molecule has 3 aromatic carbocycles. The highest BCUT2D eigenvalue weighted by Crippen LogP contribution is 2.28. The van der Waals surface area contributed by atoms with Gasteiger partial charge in [-0.2, -0.15) is 0 Å². The summed E-state index contributed by atoms with van der Waals surface area (Å²) in [4.78, 5) is 50.2. The van der Waals surface area contributed by atoms with Gasteiger partial charge in [-0.15, -0.1) is 0 Å². The molecule has 0 unspecified atom stereocenters. The highest BCUT2D eigenvalue weighted by Gasteiger charge is 2.30. The number of nitrogens with zero attached hydrogens (tertiary/aromatic N) is 1. The fourth-order valence-electron chi connectivity index (χ4n) is 4.21. The molecule has 0 saturated heterocycles. The summed E-state index contributed by atoms with van der Waals surface area (Å²) in [5.74, 6) is -2.26. The van der Waals surface area contributed by atoms with Crippen LogP contribution in [0.2, 0.25) is 0 Å². The molecule has 0 radical (unpaired) electrons. The minimum Gasteiger partial charge on any atom is -0.497 e. The largest absolute Gasteiger partial charge is 0.497 e. The lowest BCUT2D eigenvalue weighted by Crippen LogP contribution is -2.50. The van der Waals surface area contributed by atoms with E-state index < -0.39 is 52.7 Å². The van der Waals surface area contributed by atoms with Gasteiger partial charge in [-0.1, -0.05) is 30.3 Å². The summed E-state index contributed by atoms with van der Waals surface area (Å²) in [5.41, 5.74) is 0.417. The Balaban J connectivity index is 1.92. The number of amides is 2. The average Bonchev–Trinajstić information content (AvgIpc) is 2.94. The predicted octanol–water partition coefficient (Wildman–Crippen LogP) is 3.83. The Labute approximate surface area is 242 Å². The number of carbonyl (C=O) groups excluding carboxylic acids is 3. The Morgan fingerprint density at radius 3 is 2.26 bits per heavy atom. The SMILES string of the molecule is COC(=O)[C@@H](NC(=O)[C@@H](Cc1ccccc1)NC(=O)Cc1cc(F)ccc1[N+](=O)[O-])c1cc(OC)cc(OC(C)C)c1. The first-order chi connectivity index (χ1) is 20.0. The van der Waals surface area contributed by atoms with Gasteiger partial charge in [0.1, 0.15) is 23.4 Å². The van der Waals surface area contributed by atoms with Crippen molar-refractivity contribution < 1.29 is 37.9 Å². The molecule has 0 saturated carbocycles. The molecule has 3 aromatic rings. The highest BCUT2D eigenvalue weighted by molar-refractivity contribution is 5.92. The number of ether oxygens (including phenoxy) is 3. The first-order valence-corrected chi connectivity index (χ1v) is 13.0. The van der Waals surface area contributed by atoms with Crippen molar-refractivity contribution in [1.82, 2.24) is 10.6 Å². The number of halogens is 1. The molecule has 0 fully saturated rings. The molecule has 2 atom stereocenters. The lowest BCUT2D eigenvalue weighted by atomic mass is 10.0. The normalized spacial score (nSPS) is 12.1. The minimum atomic E-state index is -1.30. The Morgan fingerprint density at radius 1 is 0.952 bits per heavy atom. The van der Waals surface area contributed by atoms with Gasteiger partial charge in [0.25, 0.3) is 5.69 Å². The zero-order valence-corrected chi connectivity index (χ0v) is 23.6. The van der Waals surface area contributed by atoms with Crippen LogP contribution >= 0.6 is 0 Å². The number of nitrogens with one attached hydrogen (secondary N) is 2. The number of nitro groups is 1. The molecule has 0 spiro atoms. The Hall–Kier alpha value is -5.00. The van der Waals surface area contributed by atoms with Crippen LogP contribution in [0.25, 0.3) is 0 Å². The summed E-state index contributed by atoms with van der Waals surface area (Å²) in [6, 6.07) is 13.8. The van der Waals surface area contributed by atoms with Crippen molar-refractivity contribution in [2.24, 2.45) is 0 Å². The molecule has 0 aliphatic carbocycles. The summed E-state index contributed by atoms with van der Waals surface area (Å²) >= 11 is 0. The van der Waals surface area contributed by atoms with Crippen molar-refractivity contribution in [2.45, 2.75) is 44.9 Å². The Morgan fingerprint density at radius 2 is 1.64 bits per heavy atom. The molecular formula is C30H32FN3O8. The number of rotatable bonds is 13. The number of carbonyl (C=O) groups is 3. The van der Waals surface area contributed by atoms with Crippen LogP contribution < -0.4 is 20.1 Å². The predicted molar refractivity (Wildman–Crippen MR) is 150 cm³/mol. The van der Waals surface area contributed by atoms with E-state index in [0.717, 1.165) is 18.2 Å². The summed E-state index contributed by atoms with van der Waals surface area (Å²) in [6.07, 6.45) is -0.716. The summed E-state index contributed by atoms with van der Waals surface area (Å²) in [6.45, 7) is 3.65. The van der Waals surface area contributed by atoms with E-state index in [4.69, 9.17) is 14.2 Å². The zero-order valence-electron chi connectivity index (χ0n) is 23.6. The standard InChI is InChI=1S/C30H32FN3O8/c1-18(2)42-24-15-21(14-23(17-24)40-3)28(30(37)41-4)33-29(36)25(12-19-8-6-5-7-9-19)32-27(35)16-20-13-22(31)10-11-26(20)34(38)39/h5-11,13-15,17-18,25,28H,12,16H2,1-4H3,(H,32,35)(H,33,36)/t25-,28+/m1/s1. The second-order valence-electron chi connectivity index (χ2n) is 9.59. The third kappa shape index (κ3) is 8.75. The van der Waals surface area contributed by atoms with E-state index in [1.165, 1.54) is 14.2 Å². The molecule has 3 rings (SSSR count). The fourth-order valence-corrected chi connectivity index (χ4v) is 4.21. The molecule has 0 aliphatic heterocycles. The van der Waals surface area contributed by atoms with Crippen molar-refractivity contribution in [1.29, 1.82) is 0 Å². The number of esters is 1. The first kappa shape index (κ1) is 31.5. The molecule has 2 amide bonds. The van der Waals surface area contributed by atoms with E-state index in [9.17, 15) is 28.9 Å². The van der Waals surface area contributed by atoms with Gasteiger partial charge in [0.05, 0.1) is 31.7 Å². The number of benzene rings is 3. The third-order valence-electron chi connectivity index (χ3n) is 6.09. The minimum absolute atomic E-state index is 0.0252. The van der Waals surface area contributed by atoms with Gasteiger partial charge in [-0.05, 0) is 49.2 Å². The molecule has 0 aromatic heterocycles. The molecular weight excluding hydrogens is 549 g/mol. The van der Waals surface area contributed by atoms with Gasteiger partial charge in [0.2, 0.25) is 11.8 Å². The van der Waals surface area contributed by atoms with Gasteiger partial charge >= 0.3 is 5.97 Å². The monoisotopic (exact) mass is 581 g/mol. The van der Waals surface area contributed by atoms with E-state index in [1.54, 1.807) is 48.5 Å². The van der Waals surface area contributed by atoms with Gasteiger partial charge in [-0.25, -0.2) is 9.18 Å². The fraction of sp³-hybridized carbons (Fsp3) is 0.300. The maximum Gasteiger partial charge on any atom is 0.333 e. The topological polar surface area (TPSA) is 146 Å². The molecule has 0 bridgehead atoms. The van der Waals surface area contributed by atoms with Crippen LogP contribution in [-0.4, -0.2) is 49.1 Å². The molecule has 0 heterocycles. The molecule has 12 heteroatoms. The number of nitro benzene ring substituents is 1. The van der Waals surface area contributed by atoms with Crippen LogP contribution in [0.4, 0.5) is 10.1 Å². The molecule has 222 valence electrons. The first-order valence-electron chi connectivity index (χ1n) is 13.0. The van der Waals surface area contributed by atoms with Gasteiger partial charge in [0, 0.05) is 24.1 Å². The quantitative estimate of drug-likeness (QED) is 0.176. The smallest absolute Gasteiger partial charge is 0.333 e. The van der Waals surface area contributed by atoms with Gasteiger partial charge in [-0.3, -0.25) is 19.7 Å². The lowest BCUT2D eigenvalue weighted by Gasteiger charge is -2.23. The van der Waals surface area contributed by atoms with Crippen LogP contribution in [0.15, 0.2) is 66.7 Å². The maximum absolute atomic E-state index is 13.8. The molecule has 11 nitrogen and oxygen atoms in total. The van der Waals surface area contributed by atoms with Crippen molar-refractivity contribution in [3.63, 3.8) is 0 Å². The highest BCUT2D eigenvalue weighted by atomic mass is 19.1. The Bertz CT molecular complexity index is 1430. The summed E-state index contributed by atoms with van der Waals surface area (Å²) in [7, 11) is 2.61. The number of hydrogen-bond donors (Lipinski definition) is 2. The number of hydrogen-bond acceptors (Lipinski definition) is 8. The molecule has 42 heavy (non-hydrogen) atoms. The zero-order chi connectivity index (χ0) is 30.8. The maximum atomic E-state index is 13.8. The summed E-state index contributed by atoms with van der Waals surface area (Å²) in [5, 5.41) is 16.6. The van der Waals surface area contributed by atoms with Crippen molar-refractivity contribution in [3.05, 3.63) is 99.4 Å². The van der Waals surface area contributed by atoms with Crippen molar-refractivity contribution in [3.8, 4) is 11.5 Å². The van der Waals surface area contributed by atoms with Crippen molar-refractivity contribution >= 4 is 23.5 Å². The van der Waals surface area contributed by atoms with Crippen LogP contribution in [0.3, 0.4) is 0 Å². The van der Waals surface area contributed by atoms with E-state index >= 15 is 0 Å². The second kappa shape index (κ2) is 14.6. The van der Waals surface area contributed by atoms with E-state index in [2.05, 4.69) is 10.6 Å². The van der Waals surface area contributed by atoms with Crippen molar-refractivity contribution in [2.75, 3.05) is 14.2 Å². The van der Waals surface area contributed by atoms with Crippen LogP contribution in [0.1, 0.15) is 36.6 Å².